The van der Waals surface area contributed by atoms with Crippen LogP contribution in [0.4, 0.5) is 0 Å². The van der Waals surface area contributed by atoms with E-state index >= 15 is 0 Å². The Hall–Kier alpha value is -2.86. The molecule has 0 saturated heterocycles. The van der Waals surface area contributed by atoms with Crippen LogP contribution >= 0.6 is 11.6 Å². The molecule has 2 aromatic rings. The minimum atomic E-state index is -0.652. The van der Waals surface area contributed by atoms with Crippen molar-refractivity contribution >= 4 is 29.4 Å². The molecule has 0 unspecified atom stereocenters. The normalized spacial score (nSPS) is 10.0. The number of carbonyl (C=O) groups is 3. The fraction of sp³-hybridized carbons (Fsp3) is 0.167. The zero-order valence-electron chi connectivity index (χ0n) is 13.8. The highest BCUT2D eigenvalue weighted by Gasteiger charge is 2.14. The van der Waals surface area contributed by atoms with E-state index in [-0.39, 0.29) is 0 Å². The van der Waals surface area contributed by atoms with E-state index in [1.165, 1.54) is 12.1 Å². The number of halogens is 1. The Kier molecular flexibility index (Phi) is 6.14. The highest BCUT2D eigenvalue weighted by Crippen LogP contribution is 2.13. The number of hydrogen-bond acceptors (Lipinski definition) is 4. The predicted molar refractivity (Wildman–Crippen MR) is 93.3 cm³/mol. The Labute approximate surface area is 150 Å². The third-order valence-corrected chi connectivity index (χ3v) is 3.83. The number of nitrogens with one attached hydrogen (secondary N) is 2. The lowest BCUT2D eigenvalue weighted by Crippen LogP contribution is -2.43. The highest BCUT2D eigenvalue weighted by atomic mass is 35.5. The number of esters is 1. The molecule has 0 spiro atoms. The first-order chi connectivity index (χ1) is 11.9. The number of benzene rings is 2. The predicted octanol–water partition coefficient (Wildman–Crippen LogP) is 2.57. The maximum Gasteiger partial charge on any atom is 0.338 e. The summed E-state index contributed by atoms with van der Waals surface area (Å²) in [6.45, 7) is 3.18. The maximum atomic E-state index is 12.0. The molecule has 0 aliphatic carbocycles. The number of ether oxygens (including phenoxy) is 1. The maximum absolute atomic E-state index is 12.0. The van der Waals surface area contributed by atoms with Gasteiger partial charge in [0.2, 0.25) is 0 Å². The van der Waals surface area contributed by atoms with Crippen LogP contribution in [-0.2, 0) is 9.53 Å². The summed E-state index contributed by atoms with van der Waals surface area (Å²) in [5.41, 5.74) is 6.89. The Morgan fingerprint density at radius 3 is 2.36 bits per heavy atom. The van der Waals surface area contributed by atoms with E-state index in [1.807, 2.05) is 13.0 Å². The SMILES string of the molecule is Cc1cccc(C(=O)OCC(=O)NNC(=O)c2ccc(Cl)cc2)c1C. The first-order valence-electron chi connectivity index (χ1n) is 7.46. The van der Waals surface area contributed by atoms with Crippen molar-refractivity contribution in [3.63, 3.8) is 0 Å². The monoisotopic (exact) mass is 360 g/mol. The van der Waals surface area contributed by atoms with Gasteiger partial charge in [-0.2, -0.15) is 0 Å². The van der Waals surface area contributed by atoms with Gasteiger partial charge >= 0.3 is 5.97 Å². The van der Waals surface area contributed by atoms with Gasteiger partial charge in [-0.05, 0) is 55.3 Å². The number of aryl methyl sites for hydroxylation is 1. The number of rotatable bonds is 4. The second kappa shape index (κ2) is 8.30. The third-order valence-electron chi connectivity index (χ3n) is 3.58. The van der Waals surface area contributed by atoms with Gasteiger partial charge in [0.05, 0.1) is 5.56 Å². The van der Waals surface area contributed by atoms with Gasteiger partial charge in [0.1, 0.15) is 0 Å². The van der Waals surface area contributed by atoms with Gasteiger partial charge in [0, 0.05) is 10.6 Å². The molecule has 6 nitrogen and oxygen atoms in total. The van der Waals surface area contributed by atoms with Crippen molar-refractivity contribution in [3.8, 4) is 0 Å². The minimum absolute atomic E-state index is 0.331. The Morgan fingerprint density at radius 2 is 1.68 bits per heavy atom. The summed E-state index contributed by atoms with van der Waals surface area (Å²) in [7, 11) is 0. The summed E-state index contributed by atoms with van der Waals surface area (Å²) in [5.74, 6) is -1.76. The van der Waals surface area contributed by atoms with Crippen LogP contribution in [0.25, 0.3) is 0 Å². The zero-order valence-corrected chi connectivity index (χ0v) is 14.5. The first-order valence-corrected chi connectivity index (χ1v) is 7.84. The van der Waals surface area contributed by atoms with Crippen molar-refractivity contribution < 1.29 is 19.1 Å². The smallest absolute Gasteiger partial charge is 0.338 e. The molecule has 0 aliphatic heterocycles. The molecule has 0 aromatic heterocycles. The Balaban J connectivity index is 1.82. The van der Waals surface area contributed by atoms with Gasteiger partial charge in [0.25, 0.3) is 11.8 Å². The Morgan fingerprint density at radius 1 is 1.00 bits per heavy atom. The molecule has 0 heterocycles. The number of hydrazine groups is 1. The van der Waals surface area contributed by atoms with Crippen molar-refractivity contribution in [2.45, 2.75) is 13.8 Å². The molecule has 7 heteroatoms. The topological polar surface area (TPSA) is 84.5 Å². The van der Waals surface area contributed by atoms with Gasteiger partial charge in [-0.1, -0.05) is 23.7 Å². The van der Waals surface area contributed by atoms with Crippen molar-refractivity contribution in [2.24, 2.45) is 0 Å². The van der Waals surface area contributed by atoms with Crippen molar-refractivity contribution in [1.82, 2.24) is 10.9 Å². The van der Waals surface area contributed by atoms with Crippen LogP contribution in [0.3, 0.4) is 0 Å². The van der Waals surface area contributed by atoms with Gasteiger partial charge in [-0.3, -0.25) is 20.4 Å². The average molecular weight is 361 g/mol. The number of carbonyl (C=O) groups excluding carboxylic acids is 3. The van der Waals surface area contributed by atoms with Crippen LogP contribution in [0.15, 0.2) is 42.5 Å². The molecule has 0 atom stereocenters. The van der Waals surface area contributed by atoms with Crippen LogP contribution in [0.1, 0.15) is 31.8 Å². The highest BCUT2D eigenvalue weighted by molar-refractivity contribution is 6.30. The minimum Gasteiger partial charge on any atom is -0.452 e. The van der Waals surface area contributed by atoms with E-state index in [1.54, 1.807) is 31.2 Å². The molecule has 0 aliphatic rings. The molecule has 2 N–H and O–H groups in total. The molecule has 130 valence electrons. The lowest BCUT2D eigenvalue weighted by atomic mass is 10.0. The van der Waals surface area contributed by atoms with Gasteiger partial charge in [0.15, 0.2) is 6.61 Å². The average Bonchev–Trinajstić information content (AvgIpc) is 2.60. The van der Waals surface area contributed by atoms with Crippen molar-refractivity contribution in [3.05, 3.63) is 69.7 Å². The largest absolute Gasteiger partial charge is 0.452 e. The third kappa shape index (κ3) is 5.06. The molecule has 0 bridgehead atoms. The standard InChI is InChI=1S/C18H17ClN2O4/c1-11-4-3-5-15(12(11)2)18(24)25-10-16(22)20-21-17(23)13-6-8-14(19)9-7-13/h3-9H,10H2,1-2H3,(H,20,22)(H,21,23). The molecule has 2 amide bonds. The quantitative estimate of drug-likeness (QED) is 0.648. The summed E-state index contributed by atoms with van der Waals surface area (Å²) >= 11 is 5.74. The molecule has 2 aromatic carbocycles. The van der Waals surface area contributed by atoms with Crippen LogP contribution in [0.2, 0.25) is 5.02 Å². The molecular formula is C18H17ClN2O4. The van der Waals surface area contributed by atoms with E-state index in [0.29, 0.717) is 16.1 Å². The summed E-state index contributed by atoms with van der Waals surface area (Å²) < 4.78 is 4.96. The molecular weight excluding hydrogens is 344 g/mol. The van der Waals surface area contributed by atoms with E-state index in [2.05, 4.69) is 10.9 Å². The van der Waals surface area contributed by atoms with Gasteiger partial charge in [-0.25, -0.2) is 4.79 Å². The lowest BCUT2D eigenvalue weighted by Gasteiger charge is -2.10. The molecule has 0 saturated carbocycles. The van der Waals surface area contributed by atoms with E-state index in [0.717, 1.165) is 11.1 Å². The van der Waals surface area contributed by atoms with E-state index < -0.39 is 24.4 Å². The second-order valence-electron chi connectivity index (χ2n) is 5.33. The second-order valence-corrected chi connectivity index (χ2v) is 5.77. The van der Waals surface area contributed by atoms with Crippen LogP contribution < -0.4 is 10.9 Å². The summed E-state index contributed by atoms with van der Waals surface area (Å²) in [4.78, 5) is 35.5. The molecule has 0 radical (unpaired) electrons. The summed E-state index contributed by atoms with van der Waals surface area (Å²) in [6.07, 6.45) is 0. The molecule has 25 heavy (non-hydrogen) atoms. The molecule has 0 fully saturated rings. The van der Waals surface area contributed by atoms with Gasteiger partial charge in [-0.15, -0.1) is 0 Å². The first kappa shape index (κ1) is 18.5. The molecule has 2 rings (SSSR count). The Bertz CT molecular complexity index is 803. The van der Waals surface area contributed by atoms with Crippen molar-refractivity contribution in [2.75, 3.05) is 6.61 Å². The zero-order chi connectivity index (χ0) is 18.4. The number of hydrogen-bond donors (Lipinski definition) is 2. The fourth-order valence-electron chi connectivity index (χ4n) is 2.02. The lowest BCUT2D eigenvalue weighted by molar-refractivity contribution is -0.125. The van der Waals surface area contributed by atoms with Gasteiger partial charge < -0.3 is 4.74 Å². The fourth-order valence-corrected chi connectivity index (χ4v) is 2.14. The van der Waals surface area contributed by atoms with Crippen LogP contribution in [0, 0.1) is 13.8 Å². The summed E-state index contributed by atoms with van der Waals surface area (Å²) in [5, 5.41) is 0.499. The number of amides is 2. The van der Waals surface area contributed by atoms with Crippen LogP contribution in [0.5, 0.6) is 0 Å². The van der Waals surface area contributed by atoms with Crippen LogP contribution in [-0.4, -0.2) is 24.4 Å². The van der Waals surface area contributed by atoms with Crippen molar-refractivity contribution in [1.29, 1.82) is 0 Å². The van der Waals surface area contributed by atoms with E-state index in [9.17, 15) is 14.4 Å². The summed E-state index contributed by atoms with van der Waals surface area (Å²) in [6, 6.07) is 11.4. The van der Waals surface area contributed by atoms with E-state index in [4.69, 9.17) is 16.3 Å².